The van der Waals surface area contributed by atoms with Gasteiger partial charge in [-0.1, -0.05) is 23.2 Å². The highest BCUT2D eigenvalue weighted by molar-refractivity contribution is 6.35. The van der Waals surface area contributed by atoms with E-state index in [1.165, 1.54) is 25.4 Å². The van der Waals surface area contributed by atoms with Crippen LogP contribution in [0.1, 0.15) is 20.8 Å². The average Bonchev–Trinajstić information content (AvgIpc) is 3.28. The van der Waals surface area contributed by atoms with Gasteiger partial charge in [-0.2, -0.15) is 0 Å². The molecular weight excluding hydrogens is 475 g/mol. The number of nitrogens with zero attached hydrogens (tertiary/aromatic N) is 3. The SMILES string of the molecule is COc1cc(C(=O)Nc2c(Cl)cc3c(c2C(N)=O)OC(F)(F)O3)n(-c2ncccc2Cl)n1. The number of amides is 2. The molecule has 4 rings (SSSR count). The summed E-state index contributed by atoms with van der Waals surface area (Å²) in [4.78, 5) is 29.2. The van der Waals surface area contributed by atoms with E-state index in [2.05, 4.69) is 24.9 Å². The number of alkyl halides is 2. The van der Waals surface area contributed by atoms with Crippen molar-refractivity contribution >= 4 is 40.7 Å². The lowest BCUT2D eigenvalue weighted by Crippen LogP contribution is -2.26. The van der Waals surface area contributed by atoms with Gasteiger partial charge in [0.2, 0.25) is 5.88 Å². The van der Waals surface area contributed by atoms with Crippen LogP contribution in [0.5, 0.6) is 17.4 Å². The molecule has 1 aliphatic heterocycles. The summed E-state index contributed by atoms with van der Waals surface area (Å²) in [5.41, 5.74) is 4.23. The second-order valence-corrected chi connectivity index (χ2v) is 7.03. The number of nitrogens with one attached hydrogen (secondary N) is 1. The molecule has 10 nitrogen and oxygen atoms in total. The van der Waals surface area contributed by atoms with Crippen molar-refractivity contribution in [2.24, 2.45) is 5.73 Å². The van der Waals surface area contributed by atoms with Gasteiger partial charge in [-0.25, -0.2) is 9.67 Å². The number of fused-ring (bicyclic) bond motifs is 1. The number of anilines is 1. The number of pyridine rings is 1. The van der Waals surface area contributed by atoms with Gasteiger partial charge in [-0.3, -0.25) is 9.59 Å². The van der Waals surface area contributed by atoms with Gasteiger partial charge in [-0.05, 0) is 12.1 Å². The molecular formula is C18H11Cl2F2N5O5. The molecule has 3 N–H and O–H groups in total. The van der Waals surface area contributed by atoms with E-state index in [-0.39, 0.29) is 33.1 Å². The molecule has 14 heteroatoms. The normalized spacial score (nSPS) is 13.7. The van der Waals surface area contributed by atoms with Crippen molar-refractivity contribution in [2.45, 2.75) is 6.29 Å². The summed E-state index contributed by atoms with van der Waals surface area (Å²) in [7, 11) is 1.33. The number of halogens is 4. The molecule has 1 aromatic carbocycles. The topological polar surface area (TPSA) is 131 Å². The van der Waals surface area contributed by atoms with Crippen LogP contribution in [0.3, 0.4) is 0 Å². The highest BCUT2D eigenvalue weighted by Crippen LogP contribution is 2.48. The van der Waals surface area contributed by atoms with Crippen LogP contribution in [-0.4, -0.2) is 40.0 Å². The van der Waals surface area contributed by atoms with Crippen molar-refractivity contribution < 1.29 is 32.6 Å². The number of carbonyl (C=O) groups is 2. The van der Waals surface area contributed by atoms with Gasteiger partial charge >= 0.3 is 6.29 Å². The van der Waals surface area contributed by atoms with Gasteiger partial charge < -0.3 is 25.3 Å². The highest BCUT2D eigenvalue weighted by Gasteiger charge is 2.46. The molecule has 0 unspecified atom stereocenters. The molecule has 2 aromatic heterocycles. The lowest BCUT2D eigenvalue weighted by molar-refractivity contribution is -0.286. The molecule has 0 radical (unpaired) electrons. The van der Waals surface area contributed by atoms with Crippen LogP contribution in [0.4, 0.5) is 14.5 Å². The molecule has 0 saturated carbocycles. The summed E-state index contributed by atoms with van der Waals surface area (Å²) in [5.74, 6) is -3.09. The van der Waals surface area contributed by atoms with E-state index < -0.39 is 35.2 Å². The number of ether oxygens (including phenoxy) is 3. The Balaban J connectivity index is 1.79. The van der Waals surface area contributed by atoms with Crippen LogP contribution in [0.25, 0.3) is 5.82 Å². The van der Waals surface area contributed by atoms with E-state index in [0.29, 0.717) is 0 Å². The number of primary amides is 1. The van der Waals surface area contributed by atoms with Crippen LogP contribution >= 0.6 is 23.2 Å². The maximum absolute atomic E-state index is 13.5. The third-order valence-corrected chi connectivity index (χ3v) is 4.79. The fourth-order valence-electron chi connectivity index (χ4n) is 2.90. The molecule has 3 aromatic rings. The van der Waals surface area contributed by atoms with Gasteiger partial charge in [0, 0.05) is 18.3 Å². The van der Waals surface area contributed by atoms with E-state index in [9.17, 15) is 18.4 Å². The standard InChI is InChI=1S/C18H11Cl2F2N5O5/c1-30-11-6-9(27(26-11)16-7(19)3-2-4-24-16)17(29)25-13-8(20)5-10-14(12(13)15(23)28)32-18(21,22)31-10/h2-6H,1H3,(H2,23,28)(H,25,29). The smallest absolute Gasteiger partial charge is 0.480 e. The Morgan fingerprint density at radius 2 is 2.00 bits per heavy atom. The largest absolute Gasteiger partial charge is 0.586 e. The van der Waals surface area contributed by atoms with E-state index in [0.717, 1.165) is 10.7 Å². The summed E-state index contributed by atoms with van der Waals surface area (Å²) < 4.78 is 41.9. The van der Waals surface area contributed by atoms with Crippen LogP contribution in [0.2, 0.25) is 10.0 Å². The van der Waals surface area contributed by atoms with E-state index in [4.69, 9.17) is 33.7 Å². The Labute approximate surface area is 187 Å². The first-order valence-electron chi connectivity index (χ1n) is 8.59. The van der Waals surface area contributed by atoms with Gasteiger partial charge in [0.05, 0.1) is 22.8 Å². The number of hydrogen-bond donors (Lipinski definition) is 2. The maximum Gasteiger partial charge on any atom is 0.586 e. The Morgan fingerprint density at radius 3 is 2.66 bits per heavy atom. The quantitative estimate of drug-likeness (QED) is 0.566. The van der Waals surface area contributed by atoms with Gasteiger partial charge in [0.25, 0.3) is 11.8 Å². The summed E-state index contributed by atoms with van der Waals surface area (Å²) >= 11 is 12.3. The first kappa shape index (κ1) is 21.6. The van der Waals surface area contributed by atoms with Crippen molar-refractivity contribution in [2.75, 3.05) is 12.4 Å². The van der Waals surface area contributed by atoms with Gasteiger partial charge in [0.1, 0.15) is 11.3 Å². The van der Waals surface area contributed by atoms with Crippen molar-refractivity contribution in [3.63, 3.8) is 0 Å². The monoisotopic (exact) mass is 485 g/mol. The highest BCUT2D eigenvalue weighted by atomic mass is 35.5. The minimum atomic E-state index is -4.04. The molecule has 0 saturated heterocycles. The Morgan fingerprint density at radius 1 is 1.25 bits per heavy atom. The van der Waals surface area contributed by atoms with Crippen LogP contribution in [0.15, 0.2) is 30.5 Å². The number of benzene rings is 1. The Hall–Kier alpha value is -3.64. The number of carbonyl (C=O) groups excluding carboxylic acids is 2. The third kappa shape index (κ3) is 3.74. The number of aromatic nitrogens is 3. The summed E-state index contributed by atoms with van der Waals surface area (Å²) in [5, 5.41) is 6.33. The molecule has 0 fully saturated rings. The van der Waals surface area contributed by atoms with E-state index >= 15 is 0 Å². The number of hydrogen-bond acceptors (Lipinski definition) is 7. The average molecular weight is 486 g/mol. The lowest BCUT2D eigenvalue weighted by atomic mass is 10.1. The van der Waals surface area contributed by atoms with Gasteiger partial charge in [0.15, 0.2) is 17.3 Å². The van der Waals surface area contributed by atoms with Crippen molar-refractivity contribution in [1.29, 1.82) is 0 Å². The molecule has 3 heterocycles. The molecule has 166 valence electrons. The summed E-state index contributed by atoms with van der Waals surface area (Å²) in [6, 6.07) is 5.32. The van der Waals surface area contributed by atoms with E-state index in [1.807, 2.05) is 0 Å². The molecule has 1 aliphatic rings. The van der Waals surface area contributed by atoms with E-state index in [1.54, 1.807) is 6.07 Å². The molecule has 0 spiro atoms. The third-order valence-electron chi connectivity index (χ3n) is 4.20. The Bertz CT molecular complexity index is 1270. The first-order valence-corrected chi connectivity index (χ1v) is 9.35. The fraction of sp³-hybridized carbons (Fsp3) is 0.111. The molecule has 0 bridgehead atoms. The number of methoxy groups -OCH3 is 1. The molecule has 0 atom stereocenters. The zero-order valence-electron chi connectivity index (χ0n) is 15.9. The predicted octanol–water partition coefficient (Wildman–Crippen LogP) is 3.26. The summed E-state index contributed by atoms with van der Waals surface area (Å²) in [6.45, 7) is 0. The van der Waals surface area contributed by atoms with Crippen LogP contribution in [0, 0.1) is 0 Å². The second-order valence-electron chi connectivity index (χ2n) is 6.21. The second kappa shape index (κ2) is 7.80. The van der Waals surface area contributed by atoms with Crippen LogP contribution < -0.4 is 25.3 Å². The number of rotatable bonds is 5. The predicted molar refractivity (Wildman–Crippen MR) is 107 cm³/mol. The maximum atomic E-state index is 13.5. The first-order chi connectivity index (χ1) is 15.1. The fourth-order valence-corrected chi connectivity index (χ4v) is 3.35. The zero-order valence-corrected chi connectivity index (χ0v) is 17.4. The molecule has 2 amide bonds. The van der Waals surface area contributed by atoms with Crippen LogP contribution in [-0.2, 0) is 0 Å². The van der Waals surface area contributed by atoms with Crippen molar-refractivity contribution in [3.05, 3.63) is 51.8 Å². The lowest BCUT2D eigenvalue weighted by Gasteiger charge is -2.13. The van der Waals surface area contributed by atoms with Crippen molar-refractivity contribution in [3.8, 4) is 23.2 Å². The minimum Gasteiger partial charge on any atom is -0.480 e. The van der Waals surface area contributed by atoms with Gasteiger partial charge in [-0.15, -0.1) is 13.9 Å². The zero-order chi connectivity index (χ0) is 23.2. The number of nitrogens with two attached hydrogens (primary N) is 1. The molecule has 0 aliphatic carbocycles. The van der Waals surface area contributed by atoms with Crippen molar-refractivity contribution in [1.82, 2.24) is 14.8 Å². The summed E-state index contributed by atoms with van der Waals surface area (Å²) in [6.07, 6.45) is -2.61. The molecule has 32 heavy (non-hydrogen) atoms. The minimum absolute atomic E-state index is 0.0448. The Kier molecular flexibility index (Phi) is 5.26.